The van der Waals surface area contributed by atoms with Gasteiger partial charge in [-0.05, 0) is 42.5 Å². The third-order valence-electron chi connectivity index (χ3n) is 4.53. The van der Waals surface area contributed by atoms with Crippen LogP contribution in [0.3, 0.4) is 0 Å². The van der Waals surface area contributed by atoms with Crippen LogP contribution in [0.5, 0.6) is 11.5 Å². The van der Waals surface area contributed by atoms with Crippen LogP contribution in [0.1, 0.15) is 5.56 Å². The van der Waals surface area contributed by atoms with Crippen molar-refractivity contribution in [2.24, 2.45) is 5.10 Å². The van der Waals surface area contributed by atoms with Crippen LogP contribution in [0.15, 0.2) is 64.2 Å². The highest BCUT2D eigenvalue weighted by Crippen LogP contribution is 2.39. The first-order valence-electron chi connectivity index (χ1n) is 8.92. The van der Waals surface area contributed by atoms with Gasteiger partial charge in [0.25, 0.3) is 5.91 Å². The average molecular weight is 446 g/mol. The molecule has 30 heavy (non-hydrogen) atoms. The fourth-order valence-corrected chi connectivity index (χ4v) is 4.15. The van der Waals surface area contributed by atoms with Gasteiger partial charge in [0.2, 0.25) is 0 Å². The van der Waals surface area contributed by atoms with Crippen molar-refractivity contribution in [3.8, 4) is 11.5 Å². The molecule has 2 aromatic rings. The number of carbonyl (C=O) groups is 1. The fourth-order valence-electron chi connectivity index (χ4n) is 3.11. The maximum absolute atomic E-state index is 13.1. The Hall–Kier alpha value is -2.97. The van der Waals surface area contributed by atoms with Crippen LogP contribution < -0.4 is 14.8 Å². The number of hydrogen-bond acceptors (Lipinski definition) is 6. The van der Waals surface area contributed by atoms with Crippen molar-refractivity contribution in [3.63, 3.8) is 0 Å². The molecule has 0 spiro atoms. The monoisotopic (exact) mass is 445 g/mol. The highest BCUT2D eigenvalue weighted by Gasteiger charge is 2.30. The summed E-state index contributed by atoms with van der Waals surface area (Å²) in [4.78, 5) is 13.6. The molecule has 2 aliphatic rings. The Morgan fingerprint density at radius 1 is 1.13 bits per heavy atom. The summed E-state index contributed by atoms with van der Waals surface area (Å²) < 4.78 is 23.8. The predicted molar refractivity (Wildman–Crippen MR) is 115 cm³/mol. The lowest BCUT2D eigenvalue weighted by molar-refractivity contribution is -0.116. The van der Waals surface area contributed by atoms with Gasteiger partial charge < -0.3 is 14.8 Å². The van der Waals surface area contributed by atoms with E-state index in [-0.39, 0.29) is 18.4 Å². The number of nitrogens with one attached hydrogen (secondary N) is 1. The van der Waals surface area contributed by atoms with Gasteiger partial charge in [-0.1, -0.05) is 23.4 Å². The Labute approximate surface area is 182 Å². The lowest BCUT2D eigenvalue weighted by atomic mass is 9.99. The van der Waals surface area contributed by atoms with Gasteiger partial charge in [0.1, 0.15) is 17.5 Å². The van der Waals surface area contributed by atoms with Gasteiger partial charge in [0.15, 0.2) is 11.5 Å². The summed E-state index contributed by atoms with van der Waals surface area (Å²) in [5, 5.41) is 10.2. The number of nitrogens with zero attached hydrogens (tertiary/aromatic N) is 2. The van der Waals surface area contributed by atoms with E-state index in [1.165, 1.54) is 38.1 Å². The van der Waals surface area contributed by atoms with Crippen molar-refractivity contribution in [2.75, 3.05) is 20.9 Å². The molecule has 4 rings (SSSR count). The molecular formula is C21H17ClFN3O3S. The van der Waals surface area contributed by atoms with Crippen LogP contribution in [0.25, 0.3) is 5.57 Å². The molecule has 0 bridgehead atoms. The summed E-state index contributed by atoms with van der Waals surface area (Å²) in [6.45, 7) is 0.223. The third-order valence-corrected chi connectivity index (χ3v) is 5.78. The molecule has 154 valence electrons. The molecule has 0 unspecified atom stereocenters. The standard InChI is InChI=1S/C21H17ClFN3O3S/c1-28-17-9-14(15(22)10-18(17)29-2)20-16-7-8-19(25-26(16)11-24-21(20)27)30-13-5-3-12(23)4-6-13/h3-10H,11H2,1-2H3,(H,24,27). The van der Waals surface area contributed by atoms with E-state index in [4.69, 9.17) is 21.1 Å². The minimum atomic E-state index is -0.291. The van der Waals surface area contributed by atoms with Crippen LogP contribution in [-0.2, 0) is 4.79 Å². The number of allylic oxidation sites excluding steroid dienone is 1. The Morgan fingerprint density at radius 3 is 2.53 bits per heavy atom. The van der Waals surface area contributed by atoms with Gasteiger partial charge in [0, 0.05) is 16.5 Å². The molecule has 1 N–H and O–H groups in total. The summed E-state index contributed by atoms with van der Waals surface area (Å²) in [5.74, 6) is 0.386. The second-order valence-electron chi connectivity index (χ2n) is 6.34. The van der Waals surface area contributed by atoms with Crippen molar-refractivity contribution in [1.82, 2.24) is 10.3 Å². The van der Waals surface area contributed by atoms with Gasteiger partial charge in [-0.15, -0.1) is 0 Å². The molecule has 0 saturated heterocycles. The number of rotatable bonds is 4. The van der Waals surface area contributed by atoms with Gasteiger partial charge in [-0.25, -0.2) is 9.40 Å². The highest BCUT2D eigenvalue weighted by molar-refractivity contribution is 8.14. The van der Waals surface area contributed by atoms with Crippen LogP contribution in [-0.4, -0.2) is 36.8 Å². The summed E-state index contributed by atoms with van der Waals surface area (Å²) >= 11 is 7.85. The molecule has 6 nitrogen and oxygen atoms in total. The Morgan fingerprint density at radius 2 is 1.83 bits per heavy atom. The van der Waals surface area contributed by atoms with E-state index in [1.54, 1.807) is 29.3 Å². The number of halogens is 2. The number of thioether (sulfide) groups is 1. The molecule has 2 aliphatic heterocycles. The van der Waals surface area contributed by atoms with Crippen molar-refractivity contribution in [3.05, 3.63) is 70.7 Å². The molecule has 0 atom stereocenters. The van der Waals surface area contributed by atoms with Crippen LogP contribution in [0.4, 0.5) is 4.39 Å². The Kier molecular flexibility index (Phi) is 5.69. The maximum Gasteiger partial charge on any atom is 0.255 e. The van der Waals surface area contributed by atoms with Crippen molar-refractivity contribution < 1.29 is 18.7 Å². The van der Waals surface area contributed by atoms with E-state index < -0.39 is 0 Å². The number of methoxy groups -OCH3 is 2. The van der Waals surface area contributed by atoms with E-state index >= 15 is 0 Å². The van der Waals surface area contributed by atoms with Crippen LogP contribution in [0, 0.1) is 5.82 Å². The maximum atomic E-state index is 13.1. The van der Waals surface area contributed by atoms with E-state index in [0.717, 1.165) is 4.90 Å². The number of hydrogen-bond donors (Lipinski definition) is 1. The van der Waals surface area contributed by atoms with Gasteiger partial charge in [-0.3, -0.25) is 4.79 Å². The topological polar surface area (TPSA) is 63.2 Å². The fraction of sp³-hybridized carbons (Fsp3) is 0.143. The number of benzene rings is 2. The third kappa shape index (κ3) is 3.88. The smallest absolute Gasteiger partial charge is 0.255 e. The second-order valence-corrected chi connectivity index (χ2v) is 7.84. The number of ether oxygens (including phenoxy) is 2. The number of fused-ring (bicyclic) bond motifs is 1. The predicted octanol–water partition coefficient (Wildman–Crippen LogP) is 4.27. The molecule has 9 heteroatoms. The second kappa shape index (κ2) is 8.41. The molecule has 0 fully saturated rings. The zero-order valence-corrected chi connectivity index (χ0v) is 17.7. The molecule has 0 radical (unpaired) electrons. The minimum Gasteiger partial charge on any atom is -0.493 e. The molecule has 2 heterocycles. The zero-order chi connectivity index (χ0) is 21.3. The Balaban J connectivity index is 1.71. The average Bonchev–Trinajstić information content (AvgIpc) is 2.75. The summed E-state index contributed by atoms with van der Waals surface area (Å²) in [6, 6.07) is 9.47. The van der Waals surface area contributed by atoms with Crippen molar-refractivity contribution in [2.45, 2.75) is 4.90 Å². The lowest BCUT2D eigenvalue weighted by Gasteiger charge is -2.31. The molecule has 2 aromatic carbocycles. The van der Waals surface area contributed by atoms with Crippen LogP contribution >= 0.6 is 23.4 Å². The Bertz CT molecular complexity index is 1100. The van der Waals surface area contributed by atoms with E-state index in [2.05, 4.69) is 10.4 Å². The van der Waals surface area contributed by atoms with E-state index in [1.807, 2.05) is 12.2 Å². The minimum absolute atomic E-state index is 0.223. The van der Waals surface area contributed by atoms with E-state index in [9.17, 15) is 9.18 Å². The molecular weight excluding hydrogens is 429 g/mol. The first kappa shape index (κ1) is 20.3. The van der Waals surface area contributed by atoms with Gasteiger partial charge in [-0.2, -0.15) is 5.10 Å². The number of hydrazone groups is 1. The normalized spacial score (nSPS) is 15.5. The van der Waals surface area contributed by atoms with E-state index in [0.29, 0.717) is 38.4 Å². The summed E-state index contributed by atoms with van der Waals surface area (Å²) in [7, 11) is 3.04. The first-order valence-corrected chi connectivity index (χ1v) is 10.1. The molecule has 0 aliphatic carbocycles. The highest BCUT2D eigenvalue weighted by atomic mass is 35.5. The van der Waals surface area contributed by atoms with Crippen molar-refractivity contribution in [1.29, 1.82) is 0 Å². The summed E-state index contributed by atoms with van der Waals surface area (Å²) in [6.07, 6.45) is 3.63. The number of amides is 1. The largest absolute Gasteiger partial charge is 0.493 e. The van der Waals surface area contributed by atoms with Crippen molar-refractivity contribution >= 4 is 39.9 Å². The lowest BCUT2D eigenvalue weighted by Crippen LogP contribution is -2.42. The molecule has 0 aromatic heterocycles. The zero-order valence-electron chi connectivity index (χ0n) is 16.1. The SMILES string of the molecule is COc1cc(Cl)c(C2=C3C=CC(Sc4ccc(F)cc4)=NN3CNC2=O)cc1OC. The van der Waals surface area contributed by atoms with Crippen LogP contribution in [0.2, 0.25) is 5.02 Å². The number of carbonyl (C=O) groups excluding carboxylic acids is 1. The summed E-state index contributed by atoms with van der Waals surface area (Å²) in [5.41, 5.74) is 1.52. The first-order chi connectivity index (χ1) is 14.5. The quantitative estimate of drug-likeness (QED) is 0.761. The molecule has 1 amide bonds. The van der Waals surface area contributed by atoms with Gasteiger partial charge in [0.05, 0.1) is 30.5 Å². The van der Waals surface area contributed by atoms with Gasteiger partial charge >= 0.3 is 0 Å². The molecule has 0 saturated carbocycles.